The maximum absolute atomic E-state index is 13.2. The number of benzene rings is 2. The molecule has 11 nitrogen and oxygen atoms in total. The Bertz CT molecular complexity index is 1910. The highest BCUT2D eigenvalue weighted by atomic mass is 35.5. The van der Waals surface area contributed by atoms with Crippen LogP contribution in [0.4, 0.5) is 0 Å². The molecular weight excluding hydrogens is 674 g/mol. The van der Waals surface area contributed by atoms with Crippen LogP contribution in [0.25, 0.3) is 11.3 Å². The fraction of sp³-hybridized carbons (Fsp3) is 0.514. The van der Waals surface area contributed by atoms with Gasteiger partial charge in [-0.15, -0.1) is 0 Å². The maximum Gasteiger partial charge on any atom is 0.240 e. The number of nitrogens with zero attached hydrogens (tertiary/aromatic N) is 6. The minimum absolute atomic E-state index is 0.185. The van der Waals surface area contributed by atoms with Gasteiger partial charge in [0.15, 0.2) is 0 Å². The van der Waals surface area contributed by atoms with Gasteiger partial charge >= 0.3 is 0 Å². The third-order valence-corrected chi connectivity index (χ3v) is 12.0. The first-order chi connectivity index (χ1) is 24.1. The van der Waals surface area contributed by atoms with Crippen molar-refractivity contribution in [2.75, 3.05) is 78.9 Å². The number of nitrogens with one attached hydrogen (secondary N) is 1. The number of carbonyl (C=O) groups is 1. The summed E-state index contributed by atoms with van der Waals surface area (Å²) in [5, 5.41) is 9.08. The van der Waals surface area contributed by atoms with Crippen molar-refractivity contribution in [1.82, 2.24) is 34.1 Å². The number of hydrogen-bond donors (Lipinski definition) is 1. The van der Waals surface area contributed by atoms with Gasteiger partial charge in [0.2, 0.25) is 15.9 Å². The second-order valence-electron chi connectivity index (χ2n) is 13.8. The second kappa shape index (κ2) is 15.1. The van der Waals surface area contributed by atoms with Crippen LogP contribution in [-0.4, -0.2) is 128 Å². The molecule has 1 N–H and O–H groups in total. The molecule has 0 saturated carbocycles. The molecule has 0 spiro atoms. The predicted molar refractivity (Wildman–Crippen MR) is 194 cm³/mol. The van der Waals surface area contributed by atoms with Crippen molar-refractivity contribution >= 4 is 27.5 Å². The minimum Gasteiger partial charge on any atom is -0.379 e. The largest absolute Gasteiger partial charge is 0.379 e. The number of carbonyl (C=O) groups excluding carboxylic acids is 1. The molecule has 0 unspecified atom stereocenters. The molecular formula is C37H46ClN7O4S. The predicted octanol–water partition coefficient (Wildman–Crippen LogP) is 2.43. The van der Waals surface area contributed by atoms with E-state index in [0.29, 0.717) is 43.1 Å². The van der Waals surface area contributed by atoms with Gasteiger partial charge in [-0.2, -0.15) is 9.40 Å². The van der Waals surface area contributed by atoms with E-state index in [1.807, 2.05) is 29.2 Å². The Labute approximate surface area is 300 Å². The van der Waals surface area contributed by atoms with Crippen molar-refractivity contribution in [1.29, 1.82) is 0 Å². The lowest BCUT2D eigenvalue weighted by atomic mass is 9.93. The zero-order valence-electron chi connectivity index (χ0n) is 29.0. The van der Waals surface area contributed by atoms with Crippen LogP contribution in [0.15, 0.2) is 36.4 Å². The van der Waals surface area contributed by atoms with Crippen molar-refractivity contribution in [3.05, 3.63) is 74.9 Å². The van der Waals surface area contributed by atoms with E-state index in [1.165, 1.54) is 16.1 Å². The number of halogens is 1. The van der Waals surface area contributed by atoms with Crippen LogP contribution in [0, 0.1) is 11.8 Å². The van der Waals surface area contributed by atoms with Gasteiger partial charge in [-0.1, -0.05) is 35.6 Å². The van der Waals surface area contributed by atoms with Gasteiger partial charge in [0.25, 0.3) is 0 Å². The number of piperazine rings is 1. The minimum atomic E-state index is -3.36. The molecule has 2 saturated heterocycles. The molecule has 266 valence electrons. The number of likely N-dealkylation sites (N-methyl/N-ethyl adjacent to an activating group) is 1. The van der Waals surface area contributed by atoms with Crippen LogP contribution in [0.5, 0.6) is 0 Å². The van der Waals surface area contributed by atoms with E-state index in [1.54, 1.807) is 0 Å². The fourth-order valence-corrected chi connectivity index (χ4v) is 8.31. The first kappa shape index (κ1) is 35.1. The van der Waals surface area contributed by atoms with Gasteiger partial charge in [-0.3, -0.25) is 14.4 Å². The van der Waals surface area contributed by atoms with Crippen molar-refractivity contribution in [3.63, 3.8) is 0 Å². The quantitative estimate of drug-likeness (QED) is 0.372. The Morgan fingerprint density at radius 3 is 2.58 bits per heavy atom. The standard InChI is InChI=1S/C37H46ClN7O4S/c1-41-14-16-43(17-15-41)37(46)34-24-28-6-4-27(22-31(28)25-39-34)5-7-29-23-30(8-9-33(29)38)36-32-26-44(50(2,47)48)13-10-35(32)45(40-36)12-3-11-42-18-20-49-21-19-42/h4,6,8-9,22-23,34,39H,3,10-21,24-26H2,1-2H3/t34-/m0/s1. The summed E-state index contributed by atoms with van der Waals surface area (Å²) in [6.07, 6.45) is 3.50. The third kappa shape index (κ3) is 7.95. The van der Waals surface area contributed by atoms with E-state index >= 15 is 0 Å². The van der Waals surface area contributed by atoms with E-state index in [4.69, 9.17) is 21.4 Å². The zero-order chi connectivity index (χ0) is 34.8. The Kier molecular flexibility index (Phi) is 10.6. The summed E-state index contributed by atoms with van der Waals surface area (Å²) in [7, 11) is -1.26. The fourth-order valence-electron chi connectivity index (χ4n) is 7.36. The Morgan fingerprint density at radius 1 is 1.00 bits per heavy atom. The van der Waals surface area contributed by atoms with Crippen LogP contribution in [0.3, 0.4) is 0 Å². The molecule has 2 fully saturated rings. The van der Waals surface area contributed by atoms with E-state index in [-0.39, 0.29) is 11.9 Å². The number of sulfonamides is 1. The third-order valence-electron chi connectivity index (χ3n) is 10.4. The molecule has 0 bridgehead atoms. The second-order valence-corrected chi connectivity index (χ2v) is 16.2. The maximum atomic E-state index is 13.2. The van der Waals surface area contributed by atoms with Gasteiger partial charge < -0.3 is 19.9 Å². The summed E-state index contributed by atoms with van der Waals surface area (Å²) < 4.78 is 34.2. The molecule has 5 heterocycles. The van der Waals surface area contributed by atoms with Crippen LogP contribution in [0.2, 0.25) is 5.02 Å². The summed E-state index contributed by atoms with van der Waals surface area (Å²) in [6.45, 7) is 9.90. The molecule has 1 atom stereocenters. The molecule has 3 aromatic rings. The molecule has 1 amide bonds. The van der Waals surface area contributed by atoms with Gasteiger partial charge in [-0.05, 0) is 55.3 Å². The summed E-state index contributed by atoms with van der Waals surface area (Å²) in [6, 6.07) is 11.7. The highest BCUT2D eigenvalue weighted by molar-refractivity contribution is 7.88. The molecule has 4 aliphatic rings. The normalized spacial score (nSPS) is 20.5. The number of aryl methyl sites for hydroxylation is 1. The first-order valence-electron chi connectivity index (χ1n) is 17.6. The number of morpholine rings is 1. The number of amides is 1. The van der Waals surface area contributed by atoms with E-state index in [0.717, 1.165) is 106 Å². The van der Waals surface area contributed by atoms with Gasteiger partial charge in [0.1, 0.15) is 0 Å². The molecule has 0 aliphatic carbocycles. The number of fused-ring (bicyclic) bond motifs is 2. The highest BCUT2D eigenvalue weighted by Gasteiger charge is 2.31. The number of aromatic nitrogens is 2. The average molecular weight is 720 g/mol. The van der Waals surface area contributed by atoms with Crippen molar-refractivity contribution in [2.45, 2.75) is 44.9 Å². The Hall–Kier alpha value is -3.28. The van der Waals surface area contributed by atoms with Gasteiger partial charge in [-0.25, -0.2) is 8.42 Å². The number of rotatable bonds is 7. The van der Waals surface area contributed by atoms with Crippen LogP contribution in [0.1, 0.15) is 39.9 Å². The van der Waals surface area contributed by atoms with Gasteiger partial charge in [0, 0.05) is 106 Å². The van der Waals surface area contributed by atoms with Crippen LogP contribution < -0.4 is 5.32 Å². The SMILES string of the molecule is CN1CCN(C(=O)[C@@H]2Cc3ccc(C#Cc4cc(-c5nn(CCCN6CCOCC6)c6c5CN(S(C)(=O)=O)CC6)ccc4Cl)cc3CN2)CC1. The molecule has 2 aromatic carbocycles. The van der Waals surface area contributed by atoms with E-state index in [9.17, 15) is 13.2 Å². The van der Waals surface area contributed by atoms with Crippen molar-refractivity contribution in [3.8, 4) is 23.1 Å². The lowest BCUT2D eigenvalue weighted by Gasteiger charge is -2.36. The molecule has 0 radical (unpaired) electrons. The first-order valence-corrected chi connectivity index (χ1v) is 19.8. The zero-order valence-corrected chi connectivity index (χ0v) is 30.5. The van der Waals surface area contributed by atoms with Crippen LogP contribution >= 0.6 is 11.6 Å². The topological polar surface area (TPSA) is 103 Å². The van der Waals surface area contributed by atoms with Crippen molar-refractivity contribution < 1.29 is 17.9 Å². The van der Waals surface area contributed by atoms with Crippen molar-refractivity contribution in [2.24, 2.45) is 0 Å². The number of hydrogen-bond acceptors (Lipinski definition) is 8. The molecule has 50 heavy (non-hydrogen) atoms. The highest BCUT2D eigenvalue weighted by Crippen LogP contribution is 2.33. The van der Waals surface area contributed by atoms with Gasteiger partial charge in [0.05, 0.1) is 36.2 Å². The number of ether oxygens (including phenoxy) is 1. The molecule has 1 aromatic heterocycles. The molecule has 13 heteroatoms. The summed E-state index contributed by atoms with van der Waals surface area (Å²) >= 11 is 6.68. The Balaban J connectivity index is 1.09. The van der Waals surface area contributed by atoms with E-state index < -0.39 is 10.0 Å². The Morgan fingerprint density at radius 2 is 1.80 bits per heavy atom. The molecule has 7 rings (SSSR count). The monoisotopic (exact) mass is 719 g/mol. The molecule has 4 aliphatic heterocycles. The summed E-state index contributed by atoms with van der Waals surface area (Å²) in [4.78, 5) is 19.8. The average Bonchev–Trinajstić information content (AvgIpc) is 3.49. The smallest absolute Gasteiger partial charge is 0.240 e. The van der Waals surface area contributed by atoms with E-state index in [2.05, 4.69) is 50.8 Å². The lowest BCUT2D eigenvalue weighted by Crippen LogP contribution is -2.54. The lowest BCUT2D eigenvalue weighted by molar-refractivity contribution is -0.135. The summed E-state index contributed by atoms with van der Waals surface area (Å²) in [5.74, 6) is 6.78. The summed E-state index contributed by atoms with van der Waals surface area (Å²) in [5.41, 5.74) is 7.57. The van der Waals surface area contributed by atoms with Crippen LogP contribution in [-0.2, 0) is 52.0 Å².